The Hall–Kier alpha value is -3.65. The third-order valence-corrected chi connectivity index (χ3v) is 5.39. The topological polar surface area (TPSA) is 169 Å². The molecule has 148 valence electrons. The Labute approximate surface area is 168 Å². The Morgan fingerprint density at radius 3 is 2.21 bits per heavy atom. The van der Waals surface area contributed by atoms with Crippen molar-refractivity contribution in [1.82, 2.24) is 4.98 Å². The molecule has 14 heteroatoms. The molecule has 0 fully saturated rings. The molecule has 0 bridgehead atoms. The highest BCUT2D eigenvalue weighted by Crippen LogP contribution is 2.40. The van der Waals surface area contributed by atoms with Crippen molar-refractivity contribution in [3.05, 3.63) is 66.7 Å². The zero-order chi connectivity index (χ0) is 21.1. The second-order valence-electron chi connectivity index (χ2n) is 5.29. The number of rotatable bonds is 7. The first-order valence-corrected chi connectivity index (χ1v) is 9.20. The maximum atomic E-state index is 12.2. The molecule has 0 radical (unpaired) electrons. The summed E-state index contributed by atoms with van der Waals surface area (Å²) in [6, 6.07) is 8.25. The van der Waals surface area contributed by atoms with Gasteiger partial charge in [0, 0.05) is 0 Å². The molecule has 1 heterocycles. The number of hydrogen-bond acceptors (Lipinski definition) is 11. The Morgan fingerprint density at radius 1 is 1.03 bits per heavy atom. The second kappa shape index (κ2) is 8.15. The molecule has 12 nitrogen and oxygen atoms in total. The Kier molecular flexibility index (Phi) is 5.65. The Bertz CT molecular complexity index is 1090. The number of carbonyl (C=O) groups is 1. The summed E-state index contributed by atoms with van der Waals surface area (Å²) in [5.41, 5.74) is -2.12. The van der Waals surface area contributed by atoms with E-state index < -0.39 is 49.3 Å². The summed E-state index contributed by atoms with van der Waals surface area (Å²) in [5.74, 6) is -0.830. The SMILES string of the molecule is O=C(COc1c([N+](=O)[O-])cc([N+](=O)[O-])cc1[N+](=O)[O-])Sc1nc2ccccc2s1. The van der Waals surface area contributed by atoms with Crippen LogP contribution in [0, 0.1) is 30.3 Å². The van der Waals surface area contributed by atoms with Crippen molar-refractivity contribution in [1.29, 1.82) is 0 Å². The molecule has 0 aliphatic carbocycles. The molecule has 0 saturated carbocycles. The molecule has 0 unspecified atom stereocenters. The van der Waals surface area contributed by atoms with Gasteiger partial charge in [0.25, 0.3) is 11.4 Å². The fourth-order valence-electron chi connectivity index (χ4n) is 2.26. The first kappa shape index (κ1) is 20.1. The minimum absolute atomic E-state index is 0.410. The molecule has 3 rings (SSSR count). The standard InChI is InChI=1S/C15H8N4O8S2/c20-13(29-15-16-9-3-1-2-4-12(9)28-15)7-27-14-10(18(23)24)5-8(17(21)22)6-11(14)19(25)26/h1-6H,7H2. The maximum absolute atomic E-state index is 12.2. The third kappa shape index (κ3) is 4.44. The number of fused-ring (bicyclic) bond motifs is 1. The highest BCUT2D eigenvalue weighted by atomic mass is 32.2. The second-order valence-corrected chi connectivity index (χ2v) is 7.63. The first-order chi connectivity index (χ1) is 13.8. The van der Waals surface area contributed by atoms with Gasteiger partial charge in [0.1, 0.15) is 0 Å². The van der Waals surface area contributed by atoms with Gasteiger partial charge in [-0.15, -0.1) is 11.3 Å². The lowest BCUT2D eigenvalue weighted by atomic mass is 10.2. The number of ether oxygens (including phenoxy) is 1. The lowest BCUT2D eigenvalue weighted by molar-refractivity contribution is -0.404. The van der Waals surface area contributed by atoms with Gasteiger partial charge in [0.2, 0.25) is 5.12 Å². The van der Waals surface area contributed by atoms with E-state index in [0.717, 1.165) is 16.5 Å². The van der Waals surface area contributed by atoms with E-state index in [9.17, 15) is 35.1 Å². The van der Waals surface area contributed by atoms with Gasteiger partial charge in [-0.1, -0.05) is 12.1 Å². The summed E-state index contributed by atoms with van der Waals surface area (Å²) >= 11 is 1.97. The van der Waals surface area contributed by atoms with Crippen molar-refractivity contribution in [3.63, 3.8) is 0 Å². The highest BCUT2D eigenvalue weighted by molar-refractivity contribution is 8.15. The highest BCUT2D eigenvalue weighted by Gasteiger charge is 2.32. The molecule has 0 N–H and O–H groups in total. The maximum Gasteiger partial charge on any atom is 0.325 e. The lowest BCUT2D eigenvalue weighted by Crippen LogP contribution is -2.10. The van der Waals surface area contributed by atoms with Gasteiger partial charge in [0.15, 0.2) is 10.9 Å². The van der Waals surface area contributed by atoms with Crippen LogP contribution in [0.2, 0.25) is 0 Å². The van der Waals surface area contributed by atoms with E-state index in [-0.39, 0.29) is 0 Å². The number of hydrogen-bond donors (Lipinski definition) is 0. The molecule has 1 aromatic heterocycles. The minimum atomic E-state index is -1.06. The van der Waals surface area contributed by atoms with Crippen LogP contribution < -0.4 is 4.74 Å². The third-order valence-electron chi connectivity index (χ3n) is 3.45. The van der Waals surface area contributed by atoms with Crippen LogP contribution in [0.4, 0.5) is 17.1 Å². The predicted molar refractivity (Wildman–Crippen MR) is 102 cm³/mol. The minimum Gasteiger partial charge on any atom is -0.473 e. The number of nitrogens with zero attached hydrogens (tertiary/aromatic N) is 4. The van der Waals surface area contributed by atoms with Crippen molar-refractivity contribution in [3.8, 4) is 5.75 Å². The molecule has 0 spiro atoms. The van der Waals surface area contributed by atoms with Crippen LogP contribution >= 0.6 is 23.1 Å². The van der Waals surface area contributed by atoms with Crippen LogP contribution in [-0.4, -0.2) is 31.5 Å². The molecular formula is C15H8N4O8S2. The predicted octanol–water partition coefficient (Wildman–Crippen LogP) is 3.72. The van der Waals surface area contributed by atoms with Gasteiger partial charge >= 0.3 is 11.4 Å². The summed E-state index contributed by atoms with van der Waals surface area (Å²) < 4.78 is 6.30. The average Bonchev–Trinajstić information content (AvgIpc) is 3.07. The van der Waals surface area contributed by atoms with E-state index in [1.807, 2.05) is 12.1 Å². The zero-order valence-corrected chi connectivity index (χ0v) is 15.7. The van der Waals surface area contributed by atoms with Gasteiger partial charge in [-0.2, -0.15) is 0 Å². The Morgan fingerprint density at radius 2 is 1.66 bits per heavy atom. The number of nitro groups is 3. The van der Waals surface area contributed by atoms with Gasteiger partial charge in [0.05, 0.1) is 37.1 Å². The molecule has 0 atom stereocenters. The summed E-state index contributed by atoms with van der Waals surface area (Å²) in [6.07, 6.45) is 0. The zero-order valence-electron chi connectivity index (χ0n) is 14.0. The van der Waals surface area contributed by atoms with Crippen molar-refractivity contribution < 1.29 is 24.3 Å². The van der Waals surface area contributed by atoms with Crippen LogP contribution in [0.1, 0.15) is 0 Å². The van der Waals surface area contributed by atoms with Gasteiger partial charge < -0.3 is 4.74 Å². The van der Waals surface area contributed by atoms with E-state index in [2.05, 4.69) is 4.98 Å². The van der Waals surface area contributed by atoms with Crippen LogP contribution in [-0.2, 0) is 4.79 Å². The molecule has 0 saturated heterocycles. The fraction of sp³-hybridized carbons (Fsp3) is 0.0667. The molecule has 29 heavy (non-hydrogen) atoms. The Balaban J connectivity index is 1.83. The number of non-ortho nitro benzene ring substituents is 1. The average molecular weight is 436 g/mol. The van der Waals surface area contributed by atoms with Crippen LogP contribution in [0.3, 0.4) is 0 Å². The largest absolute Gasteiger partial charge is 0.473 e. The van der Waals surface area contributed by atoms with E-state index in [1.165, 1.54) is 11.3 Å². The smallest absolute Gasteiger partial charge is 0.325 e. The molecule has 2 aromatic carbocycles. The number of nitro benzene ring substituents is 3. The van der Waals surface area contributed by atoms with Crippen LogP contribution in [0.25, 0.3) is 10.2 Å². The number of carbonyl (C=O) groups excluding carboxylic acids is 1. The van der Waals surface area contributed by atoms with Crippen LogP contribution in [0.5, 0.6) is 5.75 Å². The first-order valence-electron chi connectivity index (χ1n) is 7.56. The van der Waals surface area contributed by atoms with Gasteiger partial charge in [-0.3, -0.25) is 35.1 Å². The van der Waals surface area contributed by atoms with Crippen molar-refractivity contribution in [2.45, 2.75) is 4.34 Å². The summed E-state index contributed by atoms with van der Waals surface area (Å²) in [7, 11) is 0. The molecule has 0 aliphatic rings. The quantitative estimate of drug-likeness (QED) is 0.302. The summed E-state index contributed by atoms with van der Waals surface area (Å²) in [5, 5.41) is 32.6. The summed E-state index contributed by atoms with van der Waals surface area (Å²) in [6.45, 7) is -0.736. The molecule has 0 aliphatic heterocycles. The molecule has 0 amide bonds. The van der Waals surface area contributed by atoms with E-state index in [0.29, 0.717) is 22.0 Å². The van der Waals surface area contributed by atoms with E-state index in [4.69, 9.17) is 4.74 Å². The lowest BCUT2D eigenvalue weighted by Gasteiger charge is -2.06. The fourth-order valence-corrected chi connectivity index (χ4v) is 4.13. The van der Waals surface area contributed by atoms with E-state index in [1.54, 1.807) is 12.1 Å². The number of aromatic nitrogens is 1. The van der Waals surface area contributed by atoms with E-state index >= 15 is 0 Å². The van der Waals surface area contributed by atoms with Crippen molar-refractivity contribution in [2.75, 3.05) is 6.61 Å². The number of thiazole rings is 1. The molecule has 3 aromatic rings. The number of benzene rings is 2. The summed E-state index contributed by atoms with van der Waals surface area (Å²) in [4.78, 5) is 46.5. The van der Waals surface area contributed by atoms with Crippen LogP contribution in [0.15, 0.2) is 40.7 Å². The molecular weight excluding hydrogens is 428 g/mol. The number of thioether (sulfide) groups is 1. The van der Waals surface area contributed by atoms with Gasteiger partial charge in [-0.25, -0.2) is 4.98 Å². The normalized spacial score (nSPS) is 10.6. The van der Waals surface area contributed by atoms with Crippen molar-refractivity contribution in [2.24, 2.45) is 0 Å². The van der Waals surface area contributed by atoms with Gasteiger partial charge in [-0.05, 0) is 23.9 Å². The monoisotopic (exact) mass is 436 g/mol. The number of para-hydroxylation sites is 1. The van der Waals surface area contributed by atoms with Crippen molar-refractivity contribution >= 4 is 55.5 Å².